The predicted molar refractivity (Wildman–Crippen MR) is 74.9 cm³/mol. The van der Waals surface area contributed by atoms with E-state index in [1.54, 1.807) is 13.3 Å². The van der Waals surface area contributed by atoms with E-state index in [1.165, 1.54) is 0 Å². The molecule has 0 aliphatic heterocycles. The summed E-state index contributed by atoms with van der Waals surface area (Å²) in [7, 11) is 1.66. The topological polar surface area (TPSA) is 39.2 Å². The molecule has 1 aliphatic rings. The Bertz CT molecular complexity index is 429. The molecule has 3 heteroatoms. The van der Waals surface area contributed by atoms with Gasteiger partial charge in [0.2, 0.25) is 0 Å². The number of rotatable bonds is 4. The van der Waals surface area contributed by atoms with E-state index in [-0.39, 0.29) is 5.78 Å². The van der Waals surface area contributed by atoms with Gasteiger partial charge in [-0.15, -0.1) is 0 Å². The minimum absolute atomic E-state index is 0.171. The third-order valence-corrected chi connectivity index (χ3v) is 4.38. The number of ketones is 1. The van der Waals surface area contributed by atoms with Gasteiger partial charge in [0.15, 0.2) is 5.78 Å². The fourth-order valence-corrected chi connectivity index (χ4v) is 2.76. The number of methoxy groups -OCH3 is 1. The van der Waals surface area contributed by atoms with E-state index >= 15 is 0 Å². The van der Waals surface area contributed by atoms with Crippen LogP contribution in [0, 0.1) is 5.41 Å². The maximum absolute atomic E-state index is 12.6. The molecule has 2 rings (SSSR count). The number of nitrogens with zero attached hydrogens (tertiary/aromatic N) is 1. The zero-order chi connectivity index (χ0) is 13.9. The van der Waals surface area contributed by atoms with Crippen LogP contribution in [-0.2, 0) is 16.0 Å². The Morgan fingerprint density at radius 1 is 1.26 bits per heavy atom. The van der Waals surface area contributed by atoms with Crippen LogP contribution in [0.15, 0.2) is 24.4 Å². The van der Waals surface area contributed by atoms with E-state index in [2.05, 4.69) is 18.8 Å². The second-order valence-electron chi connectivity index (χ2n) is 6.28. The highest BCUT2D eigenvalue weighted by Crippen LogP contribution is 2.42. The molecule has 1 aliphatic carbocycles. The van der Waals surface area contributed by atoms with Gasteiger partial charge in [0.25, 0.3) is 0 Å². The number of carbonyl (C=O) groups is 1. The largest absolute Gasteiger partial charge is 0.370 e. The van der Waals surface area contributed by atoms with Crippen LogP contribution in [0.5, 0.6) is 0 Å². The van der Waals surface area contributed by atoms with Crippen molar-refractivity contribution < 1.29 is 9.53 Å². The lowest BCUT2D eigenvalue weighted by molar-refractivity contribution is -0.147. The smallest absolute Gasteiger partial charge is 0.170 e. The van der Waals surface area contributed by atoms with Crippen molar-refractivity contribution in [3.05, 3.63) is 30.1 Å². The SMILES string of the molecule is COC1(C(=O)Cc2ccccn2)CCC(C)(C)CC1. The number of ether oxygens (including phenoxy) is 1. The first-order chi connectivity index (χ1) is 8.97. The Kier molecular flexibility index (Phi) is 4.04. The molecule has 0 atom stereocenters. The van der Waals surface area contributed by atoms with Crippen LogP contribution in [0.1, 0.15) is 45.2 Å². The average Bonchev–Trinajstić information content (AvgIpc) is 2.40. The molecule has 0 unspecified atom stereocenters. The summed E-state index contributed by atoms with van der Waals surface area (Å²) in [5, 5.41) is 0. The Hall–Kier alpha value is -1.22. The number of Topliss-reactive ketones (excluding diaryl/α,β-unsaturated/α-hetero) is 1. The number of aromatic nitrogens is 1. The normalized spacial score (nSPS) is 21.0. The lowest BCUT2D eigenvalue weighted by Gasteiger charge is -2.41. The van der Waals surface area contributed by atoms with Gasteiger partial charge in [0, 0.05) is 19.0 Å². The van der Waals surface area contributed by atoms with Crippen LogP contribution in [0.3, 0.4) is 0 Å². The van der Waals surface area contributed by atoms with E-state index in [0.29, 0.717) is 11.8 Å². The third-order valence-electron chi connectivity index (χ3n) is 4.38. The van der Waals surface area contributed by atoms with Crippen molar-refractivity contribution >= 4 is 5.78 Å². The second kappa shape index (κ2) is 5.41. The number of hydrogen-bond acceptors (Lipinski definition) is 3. The lowest BCUT2D eigenvalue weighted by Crippen LogP contribution is -2.46. The molecule has 19 heavy (non-hydrogen) atoms. The van der Waals surface area contributed by atoms with Crippen LogP contribution < -0.4 is 0 Å². The van der Waals surface area contributed by atoms with Crippen molar-refractivity contribution in [1.29, 1.82) is 0 Å². The molecular formula is C16H23NO2. The van der Waals surface area contributed by atoms with Crippen LogP contribution in [-0.4, -0.2) is 23.5 Å². The second-order valence-corrected chi connectivity index (χ2v) is 6.28. The number of pyridine rings is 1. The molecular weight excluding hydrogens is 238 g/mol. The molecule has 0 N–H and O–H groups in total. The van der Waals surface area contributed by atoms with Crippen molar-refractivity contribution in [3.63, 3.8) is 0 Å². The molecule has 0 aromatic carbocycles. The Morgan fingerprint density at radius 3 is 2.47 bits per heavy atom. The van der Waals surface area contributed by atoms with Crippen LogP contribution in [0.2, 0.25) is 0 Å². The minimum atomic E-state index is -0.590. The van der Waals surface area contributed by atoms with E-state index in [1.807, 2.05) is 18.2 Å². The summed E-state index contributed by atoms with van der Waals surface area (Å²) in [6.45, 7) is 4.52. The van der Waals surface area contributed by atoms with Gasteiger partial charge in [-0.3, -0.25) is 9.78 Å². The molecule has 104 valence electrons. The molecule has 1 saturated carbocycles. The molecule has 1 fully saturated rings. The highest BCUT2D eigenvalue weighted by atomic mass is 16.5. The van der Waals surface area contributed by atoms with Gasteiger partial charge in [-0.25, -0.2) is 0 Å². The Morgan fingerprint density at radius 2 is 1.95 bits per heavy atom. The van der Waals surface area contributed by atoms with Gasteiger partial charge < -0.3 is 4.74 Å². The number of hydrogen-bond donors (Lipinski definition) is 0. The molecule has 1 aromatic heterocycles. The summed E-state index contributed by atoms with van der Waals surface area (Å²) in [6.07, 6.45) is 5.81. The van der Waals surface area contributed by atoms with Crippen LogP contribution >= 0.6 is 0 Å². The minimum Gasteiger partial charge on any atom is -0.370 e. The molecule has 0 saturated heterocycles. The average molecular weight is 261 g/mol. The molecule has 0 spiro atoms. The van der Waals surface area contributed by atoms with Gasteiger partial charge in [0.05, 0.1) is 6.42 Å². The molecule has 3 nitrogen and oxygen atoms in total. The van der Waals surface area contributed by atoms with Crippen LogP contribution in [0.4, 0.5) is 0 Å². The van der Waals surface area contributed by atoms with E-state index < -0.39 is 5.60 Å². The monoisotopic (exact) mass is 261 g/mol. The zero-order valence-corrected chi connectivity index (χ0v) is 12.1. The van der Waals surface area contributed by atoms with E-state index in [9.17, 15) is 4.79 Å². The molecule has 1 aromatic rings. The summed E-state index contributed by atoms with van der Waals surface area (Å²) in [6, 6.07) is 5.68. The third kappa shape index (κ3) is 3.21. The first-order valence-electron chi connectivity index (χ1n) is 6.96. The van der Waals surface area contributed by atoms with Gasteiger partial charge >= 0.3 is 0 Å². The zero-order valence-electron chi connectivity index (χ0n) is 12.1. The summed E-state index contributed by atoms with van der Waals surface area (Å²) in [4.78, 5) is 16.8. The fraction of sp³-hybridized carbons (Fsp3) is 0.625. The summed E-state index contributed by atoms with van der Waals surface area (Å²) in [5.41, 5.74) is 0.564. The van der Waals surface area contributed by atoms with Crippen molar-refractivity contribution in [2.45, 2.75) is 51.6 Å². The van der Waals surface area contributed by atoms with Gasteiger partial charge in [0.1, 0.15) is 5.60 Å². The van der Waals surface area contributed by atoms with E-state index in [0.717, 1.165) is 31.4 Å². The fourth-order valence-electron chi connectivity index (χ4n) is 2.76. The first-order valence-corrected chi connectivity index (χ1v) is 6.96. The Balaban J connectivity index is 2.08. The lowest BCUT2D eigenvalue weighted by atomic mass is 9.69. The maximum atomic E-state index is 12.6. The predicted octanol–water partition coefficient (Wildman–Crippen LogP) is 3.18. The highest BCUT2D eigenvalue weighted by molar-refractivity contribution is 5.89. The van der Waals surface area contributed by atoms with Gasteiger partial charge in [-0.1, -0.05) is 19.9 Å². The van der Waals surface area contributed by atoms with Crippen molar-refractivity contribution in [2.24, 2.45) is 5.41 Å². The standard InChI is InChI=1S/C16H23NO2/c1-15(2)7-9-16(19-3,10-8-15)14(18)12-13-6-4-5-11-17-13/h4-6,11H,7-10,12H2,1-3H3. The quantitative estimate of drug-likeness (QED) is 0.835. The van der Waals surface area contributed by atoms with E-state index in [4.69, 9.17) is 4.74 Å². The van der Waals surface area contributed by atoms with Gasteiger partial charge in [-0.2, -0.15) is 0 Å². The maximum Gasteiger partial charge on any atom is 0.170 e. The first kappa shape index (κ1) is 14.2. The van der Waals surface area contributed by atoms with Gasteiger partial charge in [-0.05, 0) is 43.2 Å². The molecule has 0 bridgehead atoms. The molecule has 0 radical (unpaired) electrons. The van der Waals surface area contributed by atoms with Crippen molar-refractivity contribution in [3.8, 4) is 0 Å². The van der Waals surface area contributed by atoms with Crippen LogP contribution in [0.25, 0.3) is 0 Å². The summed E-state index contributed by atoms with van der Waals surface area (Å²) in [5.74, 6) is 0.171. The Labute approximate surface area is 115 Å². The molecule has 1 heterocycles. The van der Waals surface area contributed by atoms with Crippen molar-refractivity contribution in [2.75, 3.05) is 7.11 Å². The highest BCUT2D eigenvalue weighted by Gasteiger charge is 2.43. The number of carbonyl (C=O) groups excluding carboxylic acids is 1. The van der Waals surface area contributed by atoms with Crippen molar-refractivity contribution in [1.82, 2.24) is 4.98 Å². The summed E-state index contributed by atoms with van der Waals surface area (Å²) < 4.78 is 5.63. The molecule has 0 amide bonds. The summed E-state index contributed by atoms with van der Waals surface area (Å²) >= 11 is 0.